The number of alkyl carbamates (subject to hydrolysis) is 1. The summed E-state index contributed by atoms with van der Waals surface area (Å²) in [6.07, 6.45) is 0.380. The van der Waals surface area contributed by atoms with Crippen molar-refractivity contribution >= 4 is 41.3 Å². The Morgan fingerprint density at radius 3 is 2.41 bits per heavy atom. The number of amides is 1. The van der Waals surface area contributed by atoms with Gasteiger partial charge in [0, 0.05) is 12.3 Å². The third-order valence-corrected chi connectivity index (χ3v) is 4.19. The minimum atomic E-state index is -0.659. The van der Waals surface area contributed by atoms with E-state index in [0.29, 0.717) is 25.1 Å². The Kier molecular flexibility index (Phi) is 11.6. The first-order valence-corrected chi connectivity index (χ1v) is 9.41. The minimum absolute atomic E-state index is 0. The van der Waals surface area contributed by atoms with Gasteiger partial charge in [0.05, 0.1) is 0 Å². The maximum atomic E-state index is 12.6. The first kappa shape index (κ1) is 25.1. The lowest BCUT2D eigenvalue weighted by Gasteiger charge is -2.23. The average molecular weight is 417 g/mol. The highest BCUT2D eigenvalue weighted by molar-refractivity contribution is 8.13. The number of hydrogen-bond donors (Lipinski definition) is 3. The number of guanidine groups is 1. The van der Waals surface area contributed by atoms with Crippen molar-refractivity contribution in [3.63, 3.8) is 0 Å². The molecule has 0 unspecified atom stereocenters. The first-order chi connectivity index (χ1) is 12.2. The van der Waals surface area contributed by atoms with Gasteiger partial charge in [0.1, 0.15) is 11.6 Å². The summed E-state index contributed by atoms with van der Waals surface area (Å²) in [6.45, 7) is 5.70. The molecular weight excluding hydrogens is 388 g/mol. The number of carbonyl (C=O) groups excluding carboxylic acids is 2. The molecule has 0 aromatic heterocycles. The standard InChI is InChI=1S/C18H28N4O3S.ClH/c1-18(2,3)25-17(24)22-14(10-7-11-21-16(19)20)15(23)26-12-13-8-5-4-6-9-13;/h4-6,8-9,14H,7,10-12H2,1-3H3,(H,22,24)(H4,19,20,21);1H/t14-;/m0./s1. The Balaban J connectivity index is 0.00000676. The van der Waals surface area contributed by atoms with Gasteiger partial charge in [0.15, 0.2) is 5.96 Å². The molecule has 0 aliphatic heterocycles. The van der Waals surface area contributed by atoms with Gasteiger partial charge in [0.2, 0.25) is 5.12 Å². The summed E-state index contributed by atoms with van der Waals surface area (Å²) >= 11 is 1.17. The van der Waals surface area contributed by atoms with Crippen LogP contribution in [0.2, 0.25) is 0 Å². The number of rotatable bonds is 8. The lowest BCUT2D eigenvalue weighted by atomic mass is 10.2. The van der Waals surface area contributed by atoms with Gasteiger partial charge >= 0.3 is 6.09 Å². The molecule has 0 bridgehead atoms. The number of benzene rings is 1. The molecule has 152 valence electrons. The third kappa shape index (κ3) is 12.1. The minimum Gasteiger partial charge on any atom is -0.444 e. The van der Waals surface area contributed by atoms with E-state index in [0.717, 1.165) is 5.56 Å². The maximum absolute atomic E-state index is 12.6. The highest BCUT2D eigenvalue weighted by atomic mass is 35.5. The smallest absolute Gasteiger partial charge is 0.408 e. The van der Waals surface area contributed by atoms with Crippen LogP contribution < -0.4 is 16.8 Å². The van der Waals surface area contributed by atoms with Gasteiger partial charge in [-0.3, -0.25) is 9.79 Å². The first-order valence-electron chi connectivity index (χ1n) is 8.43. The fourth-order valence-corrected chi connectivity index (χ4v) is 2.91. The quantitative estimate of drug-likeness (QED) is 0.340. The monoisotopic (exact) mass is 416 g/mol. The summed E-state index contributed by atoms with van der Waals surface area (Å²) in [5.74, 6) is 0.548. The van der Waals surface area contributed by atoms with Gasteiger partial charge in [0.25, 0.3) is 0 Å². The van der Waals surface area contributed by atoms with E-state index in [1.54, 1.807) is 20.8 Å². The largest absolute Gasteiger partial charge is 0.444 e. The molecule has 1 rings (SSSR count). The van der Waals surface area contributed by atoms with Gasteiger partial charge in [-0.15, -0.1) is 12.4 Å². The molecule has 0 spiro atoms. The van der Waals surface area contributed by atoms with Crippen molar-refractivity contribution in [2.24, 2.45) is 16.5 Å². The van der Waals surface area contributed by atoms with Crippen LogP contribution in [0.3, 0.4) is 0 Å². The number of halogens is 1. The SMILES string of the molecule is CC(C)(C)OC(=O)N[C@@H](CCCN=C(N)N)C(=O)SCc1ccccc1.Cl. The summed E-state index contributed by atoms with van der Waals surface area (Å²) in [5.41, 5.74) is 11.0. The lowest BCUT2D eigenvalue weighted by molar-refractivity contribution is -0.113. The maximum Gasteiger partial charge on any atom is 0.408 e. The fraction of sp³-hybridized carbons (Fsp3) is 0.500. The number of carbonyl (C=O) groups is 2. The summed E-state index contributed by atoms with van der Waals surface area (Å²) in [6, 6.07) is 9.02. The van der Waals surface area contributed by atoms with E-state index in [4.69, 9.17) is 16.2 Å². The summed E-state index contributed by atoms with van der Waals surface area (Å²) in [7, 11) is 0. The van der Waals surface area contributed by atoms with Crippen LogP contribution in [0.1, 0.15) is 39.2 Å². The van der Waals surface area contributed by atoms with Crippen molar-refractivity contribution in [3.8, 4) is 0 Å². The number of aliphatic imine (C=N–C) groups is 1. The van der Waals surface area contributed by atoms with Crippen molar-refractivity contribution in [3.05, 3.63) is 35.9 Å². The van der Waals surface area contributed by atoms with Crippen molar-refractivity contribution in [2.75, 3.05) is 6.54 Å². The Morgan fingerprint density at radius 2 is 1.85 bits per heavy atom. The highest BCUT2D eigenvalue weighted by Gasteiger charge is 2.24. The molecule has 0 aliphatic rings. The molecule has 0 aliphatic carbocycles. The molecule has 27 heavy (non-hydrogen) atoms. The predicted molar refractivity (Wildman–Crippen MR) is 113 cm³/mol. The summed E-state index contributed by atoms with van der Waals surface area (Å²) < 4.78 is 5.25. The molecule has 5 N–H and O–H groups in total. The van der Waals surface area contributed by atoms with E-state index in [2.05, 4.69) is 10.3 Å². The zero-order valence-corrected chi connectivity index (χ0v) is 17.6. The van der Waals surface area contributed by atoms with Crippen molar-refractivity contribution in [2.45, 2.75) is 51.0 Å². The Morgan fingerprint density at radius 1 is 1.22 bits per heavy atom. The molecule has 0 radical (unpaired) electrons. The third-order valence-electron chi connectivity index (χ3n) is 3.14. The van der Waals surface area contributed by atoms with E-state index >= 15 is 0 Å². The normalized spacial score (nSPS) is 11.7. The van der Waals surface area contributed by atoms with E-state index in [9.17, 15) is 9.59 Å². The predicted octanol–water partition coefficient (Wildman–Crippen LogP) is 2.82. The van der Waals surface area contributed by atoms with Gasteiger partial charge in [-0.1, -0.05) is 42.1 Å². The zero-order chi connectivity index (χ0) is 19.6. The Labute approximate surface area is 171 Å². The molecule has 1 amide bonds. The topological polar surface area (TPSA) is 120 Å². The lowest BCUT2D eigenvalue weighted by Crippen LogP contribution is -2.42. The number of nitrogens with one attached hydrogen (secondary N) is 1. The van der Waals surface area contributed by atoms with Crippen molar-refractivity contribution in [1.82, 2.24) is 5.32 Å². The van der Waals surface area contributed by atoms with E-state index in [-0.39, 0.29) is 23.5 Å². The van der Waals surface area contributed by atoms with E-state index in [1.807, 2.05) is 30.3 Å². The van der Waals surface area contributed by atoms with Crippen LogP contribution in [-0.4, -0.2) is 35.4 Å². The second kappa shape index (κ2) is 12.5. The van der Waals surface area contributed by atoms with Crippen LogP contribution in [0, 0.1) is 0 Å². The zero-order valence-electron chi connectivity index (χ0n) is 15.9. The number of nitrogens with zero attached hydrogens (tertiary/aromatic N) is 1. The molecule has 7 nitrogen and oxygen atoms in total. The van der Waals surface area contributed by atoms with Gasteiger partial charge in [-0.25, -0.2) is 4.79 Å². The average Bonchev–Trinajstić information content (AvgIpc) is 2.54. The van der Waals surface area contributed by atoms with Crippen LogP contribution in [0.4, 0.5) is 4.79 Å². The number of thioether (sulfide) groups is 1. The molecule has 0 fully saturated rings. The molecule has 1 aromatic carbocycles. The Hall–Kier alpha value is -1.93. The van der Waals surface area contributed by atoms with Crippen LogP contribution in [-0.2, 0) is 15.3 Å². The molecule has 9 heteroatoms. The fourth-order valence-electron chi connectivity index (χ4n) is 2.03. The van der Waals surface area contributed by atoms with Crippen LogP contribution in [0.25, 0.3) is 0 Å². The van der Waals surface area contributed by atoms with E-state index < -0.39 is 17.7 Å². The van der Waals surface area contributed by atoms with Crippen LogP contribution in [0.5, 0.6) is 0 Å². The molecule has 1 aromatic rings. The van der Waals surface area contributed by atoms with E-state index in [1.165, 1.54) is 11.8 Å². The van der Waals surface area contributed by atoms with Crippen LogP contribution >= 0.6 is 24.2 Å². The molecule has 0 saturated carbocycles. The number of ether oxygens (including phenoxy) is 1. The number of hydrogen-bond acceptors (Lipinski definition) is 5. The molecule has 0 saturated heterocycles. The van der Waals surface area contributed by atoms with Gasteiger partial charge < -0.3 is 21.5 Å². The second-order valence-electron chi connectivity index (χ2n) is 6.74. The molecule has 1 atom stereocenters. The summed E-state index contributed by atoms with van der Waals surface area (Å²) in [4.78, 5) is 28.5. The summed E-state index contributed by atoms with van der Waals surface area (Å²) in [5, 5.41) is 2.53. The van der Waals surface area contributed by atoms with Crippen molar-refractivity contribution < 1.29 is 14.3 Å². The molecule has 0 heterocycles. The Bertz CT molecular complexity index is 617. The second-order valence-corrected chi connectivity index (χ2v) is 7.72. The number of nitrogens with two attached hydrogens (primary N) is 2. The molecular formula is C18H29ClN4O3S. The van der Waals surface area contributed by atoms with Crippen LogP contribution in [0.15, 0.2) is 35.3 Å². The highest BCUT2D eigenvalue weighted by Crippen LogP contribution is 2.17. The van der Waals surface area contributed by atoms with Crippen molar-refractivity contribution in [1.29, 1.82) is 0 Å². The van der Waals surface area contributed by atoms with Gasteiger partial charge in [-0.2, -0.15) is 0 Å². The van der Waals surface area contributed by atoms with Gasteiger partial charge in [-0.05, 0) is 39.2 Å².